The highest BCUT2D eigenvalue weighted by atomic mass is 16.5. The highest BCUT2D eigenvalue weighted by Crippen LogP contribution is 2.59. The third-order valence-corrected chi connectivity index (χ3v) is 5.81. The molecule has 3 rings (SSSR count). The molecule has 3 fully saturated rings. The molecule has 0 aromatic carbocycles. The zero-order valence-corrected chi connectivity index (χ0v) is 14.8. The molecule has 8 nitrogen and oxygen atoms in total. The minimum Gasteiger partial charge on any atom is -0.465 e. The summed E-state index contributed by atoms with van der Waals surface area (Å²) >= 11 is 0. The maximum atomic E-state index is 13.0. The number of carbonyl (C=O) groups is 4. The Balaban J connectivity index is 2.17. The predicted molar refractivity (Wildman–Crippen MR) is 84.8 cm³/mol. The van der Waals surface area contributed by atoms with Gasteiger partial charge in [0.05, 0.1) is 13.2 Å². The molecule has 25 heavy (non-hydrogen) atoms. The summed E-state index contributed by atoms with van der Waals surface area (Å²) in [6.07, 6.45) is 1.17. The minimum atomic E-state index is -1.53. The first-order chi connectivity index (χ1) is 11.8. The molecule has 0 aromatic rings. The van der Waals surface area contributed by atoms with Crippen molar-refractivity contribution in [3.05, 3.63) is 0 Å². The van der Waals surface area contributed by atoms with Crippen molar-refractivity contribution >= 4 is 23.8 Å². The number of nitrogens with one attached hydrogen (secondary N) is 2. The van der Waals surface area contributed by atoms with Crippen LogP contribution in [0.3, 0.4) is 0 Å². The molecule has 2 saturated heterocycles. The second-order valence-corrected chi connectivity index (χ2v) is 7.23. The number of rotatable bonds is 4. The van der Waals surface area contributed by atoms with E-state index in [2.05, 4.69) is 10.6 Å². The molecule has 0 radical (unpaired) electrons. The van der Waals surface area contributed by atoms with Crippen molar-refractivity contribution in [3.63, 3.8) is 0 Å². The van der Waals surface area contributed by atoms with Gasteiger partial charge in [0.2, 0.25) is 11.8 Å². The molecule has 2 N–H and O–H groups in total. The molecule has 3 aliphatic rings. The summed E-state index contributed by atoms with van der Waals surface area (Å²) < 4.78 is 10.4. The van der Waals surface area contributed by atoms with E-state index in [4.69, 9.17) is 9.47 Å². The van der Waals surface area contributed by atoms with E-state index in [1.54, 1.807) is 20.8 Å². The third-order valence-electron chi connectivity index (χ3n) is 5.81. The lowest BCUT2D eigenvalue weighted by Gasteiger charge is -2.59. The predicted octanol–water partition coefficient (Wildman–Crippen LogP) is 0.251. The van der Waals surface area contributed by atoms with Crippen molar-refractivity contribution in [1.82, 2.24) is 10.6 Å². The van der Waals surface area contributed by atoms with Gasteiger partial charge < -0.3 is 20.1 Å². The molecule has 2 bridgehead atoms. The molecule has 8 heteroatoms. The van der Waals surface area contributed by atoms with E-state index in [1.807, 2.05) is 0 Å². The largest absolute Gasteiger partial charge is 0.465 e. The van der Waals surface area contributed by atoms with Gasteiger partial charge in [0.15, 0.2) is 10.8 Å². The number of hydrogen-bond donors (Lipinski definition) is 2. The average molecular weight is 352 g/mol. The first kappa shape index (κ1) is 17.7. The maximum absolute atomic E-state index is 13.0. The second kappa shape index (κ2) is 5.71. The summed E-state index contributed by atoms with van der Waals surface area (Å²) in [5.74, 6) is -3.08. The van der Waals surface area contributed by atoms with Crippen LogP contribution in [0.1, 0.15) is 46.5 Å². The van der Waals surface area contributed by atoms with Crippen molar-refractivity contribution in [3.8, 4) is 0 Å². The Morgan fingerprint density at radius 1 is 1.00 bits per heavy atom. The van der Waals surface area contributed by atoms with E-state index in [9.17, 15) is 19.2 Å². The number of fused-ring (bicyclic) bond motifs is 1. The first-order valence-electron chi connectivity index (χ1n) is 8.76. The number of hydrogen-bond acceptors (Lipinski definition) is 6. The summed E-state index contributed by atoms with van der Waals surface area (Å²) in [5.41, 5.74) is -4.04. The molecule has 2 aliphatic heterocycles. The van der Waals surface area contributed by atoms with Crippen LogP contribution in [0.15, 0.2) is 0 Å². The molecule has 2 amide bonds. The van der Waals surface area contributed by atoms with Crippen molar-refractivity contribution in [1.29, 1.82) is 0 Å². The second-order valence-electron chi connectivity index (χ2n) is 7.23. The fraction of sp³-hybridized carbons (Fsp3) is 0.765. The van der Waals surface area contributed by atoms with E-state index in [-0.39, 0.29) is 32.5 Å². The van der Waals surface area contributed by atoms with Crippen molar-refractivity contribution in [2.24, 2.45) is 16.7 Å². The van der Waals surface area contributed by atoms with Crippen LogP contribution < -0.4 is 10.6 Å². The van der Waals surface area contributed by atoms with Gasteiger partial charge in [-0.25, -0.2) is 0 Å². The van der Waals surface area contributed by atoms with E-state index >= 15 is 0 Å². The highest BCUT2D eigenvalue weighted by molar-refractivity contribution is 6.11. The van der Waals surface area contributed by atoms with Crippen molar-refractivity contribution in [2.45, 2.75) is 52.1 Å². The van der Waals surface area contributed by atoms with Crippen LogP contribution in [0.2, 0.25) is 0 Å². The molecule has 0 unspecified atom stereocenters. The van der Waals surface area contributed by atoms with Crippen molar-refractivity contribution < 1.29 is 28.7 Å². The zero-order valence-electron chi connectivity index (χ0n) is 14.8. The first-order valence-corrected chi connectivity index (χ1v) is 8.76. The molecule has 2 heterocycles. The summed E-state index contributed by atoms with van der Waals surface area (Å²) in [6, 6.07) is 0. The van der Waals surface area contributed by atoms with Gasteiger partial charge in [0.25, 0.3) is 0 Å². The topological polar surface area (TPSA) is 111 Å². The number of amides is 2. The Morgan fingerprint density at radius 2 is 1.44 bits per heavy atom. The van der Waals surface area contributed by atoms with E-state index in [0.29, 0.717) is 6.42 Å². The van der Waals surface area contributed by atoms with Gasteiger partial charge in [-0.3, -0.25) is 19.2 Å². The highest BCUT2D eigenvalue weighted by Gasteiger charge is 2.74. The molecule has 2 atom stereocenters. The van der Waals surface area contributed by atoms with Crippen LogP contribution in [0, 0.1) is 16.7 Å². The summed E-state index contributed by atoms with van der Waals surface area (Å²) in [7, 11) is 0. The maximum Gasteiger partial charge on any atom is 0.321 e. The van der Waals surface area contributed by atoms with Gasteiger partial charge in [-0.05, 0) is 40.0 Å². The Labute approximate surface area is 146 Å². The fourth-order valence-corrected chi connectivity index (χ4v) is 4.77. The lowest BCUT2D eigenvalue weighted by molar-refractivity contribution is -0.200. The van der Waals surface area contributed by atoms with E-state index in [0.717, 1.165) is 0 Å². The molecule has 1 aliphatic carbocycles. The van der Waals surface area contributed by atoms with Crippen LogP contribution in [0.25, 0.3) is 0 Å². The normalized spacial score (nSPS) is 39.1. The standard InChI is InChI=1S/C17H24N2O6/c1-4-24-13(22)16-7-6-8-17(14(23)25-5-2)10(16)9-15(3,18-11(16)20)19-12(17)21/h10H,4-9H2,1-3H3,(H,18,20)(H,19,21)/t10?,15?,16-,17-/m0/s1. The van der Waals surface area contributed by atoms with Crippen LogP contribution in [-0.4, -0.2) is 42.6 Å². The Bertz CT molecular complexity index is 599. The Kier molecular flexibility index (Phi) is 4.04. The monoisotopic (exact) mass is 352 g/mol. The van der Waals surface area contributed by atoms with Crippen LogP contribution in [-0.2, 0) is 28.7 Å². The number of esters is 2. The van der Waals surface area contributed by atoms with Gasteiger partial charge in [-0.2, -0.15) is 0 Å². The summed E-state index contributed by atoms with van der Waals surface area (Å²) in [5, 5.41) is 5.51. The van der Waals surface area contributed by atoms with Gasteiger partial charge in [-0.1, -0.05) is 6.42 Å². The Morgan fingerprint density at radius 3 is 1.84 bits per heavy atom. The summed E-state index contributed by atoms with van der Waals surface area (Å²) in [4.78, 5) is 51.6. The molecular formula is C17H24N2O6. The molecular weight excluding hydrogens is 328 g/mol. The number of piperidine rings is 2. The minimum absolute atomic E-state index is 0.121. The number of carbonyl (C=O) groups excluding carboxylic acids is 4. The molecule has 1 saturated carbocycles. The van der Waals surface area contributed by atoms with Gasteiger partial charge >= 0.3 is 11.9 Å². The van der Waals surface area contributed by atoms with Crippen LogP contribution in [0.5, 0.6) is 0 Å². The number of ether oxygens (including phenoxy) is 2. The van der Waals surface area contributed by atoms with Gasteiger partial charge in [0.1, 0.15) is 5.66 Å². The summed E-state index contributed by atoms with van der Waals surface area (Å²) in [6.45, 7) is 5.25. The van der Waals surface area contributed by atoms with Crippen LogP contribution >= 0.6 is 0 Å². The Hall–Kier alpha value is -2.12. The lowest BCUT2D eigenvalue weighted by Crippen LogP contribution is -2.80. The lowest BCUT2D eigenvalue weighted by atomic mass is 9.48. The van der Waals surface area contributed by atoms with E-state index < -0.39 is 46.2 Å². The van der Waals surface area contributed by atoms with Crippen LogP contribution in [0.4, 0.5) is 0 Å². The zero-order chi connectivity index (χ0) is 18.5. The quantitative estimate of drug-likeness (QED) is 0.554. The molecule has 138 valence electrons. The molecule has 0 aromatic heterocycles. The average Bonchev–Trinajstić information content (AvgIpc) is 2.53. The fourth-order valence-electron chi connectivity index (χ4n) is 4.77. The van der Waals surface area contributed by atoms with Gasteiger partial charge in [0, 0.05) is 5.92 Å². The third kappa shape index (κ3) is 2.19. The SMILES string of the molecule is CCOC(=O)[C@@]12CCC[C@@]3(C(=O)OCC)C(=O)NC(C)(CC13)NC2=O. The smallest absolute Gasteiger partial charge is 0.321 e. The van der Waals surface area contributed by atoms with E-state index in [1.165, 1.54) is 0 Å². The van der Waals surface area contributed by atoms with Gasteiger partial charge in [-0.15, -0.1) is 0 Å². The molecule has 0 spiro atoms. The van der Waals surface area contributed by atoms with Crippen molar-refractivity contribution in [2.75, 3.05) is 13.2 Å².